The summed E-state index contributed by atoms with van der Waals surface area (Å²) in [5, 5.41) is 8.75. The Morgan fingerprint density at radius 1 is 1.44 bits per heavy atom. The lowest BCUT2D eigenvalue weighted by Gasteiger charge is -2.52. The molecule has 2 rings (SSSR count). The molecule has 0 saturated carbocycles. The van der Waals surface area contributed by atoms with Crippen molar-refractivity contribution in [2.75, 3.05) is 4.43 Å². The van der Waals surface area contributed by atoms with Crippen LogP contribution < -0.4 is 0 Å². The molecule has 0 radical (unpaired) electrons. The van der Waals surface area contributed by atoms with Gasteiger partial charge >= 0.3 is 0 Å². The van der Waals surface area contributed by atoms with E-state index in [4.69, 9.17) is 10.00 Å². The van der Waals surface area contributed by atoms with Crippen LogP contribution in [0.1, 0.15) is 31.1 Å². The summed E-state index contributed by atoms with van der Waals surface area (Å²) in [4.78, 5) is 0. The third-order valence-electron chi connectivity index (χ3n) is 3.50. The topological polar surface area (TPSA) is 33.0 Å². The summed E-state index contributed by atoms with van der Waals surface area (Å²) in [6, 6.07) is 9.84. The van der Waals surface area contributed by atoms with Crippen molar-refractivity contribution < 1.29 is 4.74 Å². The first-order chi connectivity index (χ1) is 7.61. The Morgan fingerprint density at radius 2 is 2.06 bits per heavy atom. The van der Waals surface area contributed by atoms with Crippen molar-refractivity contribution in [3.63, 3.8) is 0 Å². The number of nitriles is 1. The van der Waals surface area contributed by atoms with Gasteiger partial charge in [-0.05, 0) is 24.6 Å². The Balaban J connectivity index is 2.23. The second kappa shape index (κ2) is 4.34. The summed E-state index contributed by atoms with van der Waals surface area (Å²) in [7, 11) is 0. The van der Waals surface area contributed by atoms with Crippen molar-refractivity contribution in [3.05, 3.63) is 35.4 Å². The van der Waals surface area contributed by atoms with Crippen LogP contribution in [0.2, 0.25) is 0 Å². The predicted octanol–water partition coefficient (Wildman–Crippen LogP) is 3.46. The van der Waals surface area contributed by atoms with Crippen LogP contribution in [0.15, 0.2) is 24.3 Å². The highest BCUT2D eigenvalue weighted by atomic mass is 127. The van der Waals surface area contributed by atoms with Crippen LogP contribution in [0.3, 0.4) is 0 Å². The van der Waals surface area contributed by atoms with Crippen LogP contribution in [0, 0.1) is 16.7 Å². The second-order valence-electron chi connectivity index (χ2n) is 4.53. The van der Waals surface area contributed by atoms with Crippen molar-refractivity contribution in [1.82, 2.24) is 0 Å². The number of halogens is 1. The van der Waals surface area contributed by atoms with Gasteiger partial charge in [0, 0.05) is 9.84 Å². The van der Waals surface area contributed by atoms with E-state index >= 15 is 0 Å². The van der Waals surface area contributed by atoms with Gasteiger partial charge in [-0.2, -0.15) is 5.26 Å². The van der Waals surface area contributed by atoms with Gasteiger partial charge in [-0.15, -0.1) is 0 Å². The fourth-order valence-electron chi connectivity index (χ4n) is 2.03. The van der Waals surface area contributed by atoms with E-state index in [0.717, 1.165) is 4.43 Å². The molecule has 1 aromatic carbocycles. The summed E-state index contributed by atoms with van der Waals surface area (Å²) in [5.41, 5.74) is 2.10. The molecular weight excluding hydrogens is 313 g/mol. The van der Waals surface area contributed by atoms with E-state index in [9.17, 15) is 0 Å². The number of nitrogens with zero attached hydrogens (tertiary/aromatic N) is 1. The maximum Gasteiger partial charge on any atom is 0.0991 e. The molecule has 0 amide bonds. The molecule has 0 aromatic heterocycles. The van der Waals surface area contributed by atoms with Gasteiger partial charge in [-0.25, -0.2) is 0 Å². The first-order valence-electron chi connectivity index (χ1n) is 5.33. The van der Waals surface area contributed by atoms with Crippen LogP contribution >= 0.6 is 22.6 Å². The number of alkyl halides is 1. The maximum absolute atomic E-state index is 8.75. The zero-order valence-corrected chi connectivity index (χ0v) is 11.6. The molecule has 1 aliphatic heterocycles. The first kappa shape index (κ1) is 11.9. The lowest BCUT2D eigenvalue weighted by Crippen LogP contribution is -2.51. The SMILES string of the molecule is CC1OC(c2ccc(C#N)cc2)C1(C)CI. The third-order valence-corrected chi connectivity index (χ3v) is 5.14. The zero-order chi connectivity index (χ0) is 11.8. The molecular formula is C13H14INO. The van der Waals surface area contributed by atoms with Crippen molar-refractivity contribution in [2.45, 2.75) is 26.1 Å². The Labute approximate surface area is 110 Å². The maximum atomic E-state index is 8.75. The molecule has 3 unspecified atom stereocenters. The Kier molecular flexibility index (Phi) is 3.22. The van der Waals surface area contributed by atoms with Crippen LogP contribution in [0.5, 0.6) is 0 Å². The molecule has 1 aromatic rings. The smallest absolute Gasteiger partial charge is 0.0991 e. The van der Waals surface area contributed by atoms with Crippen LogP contribution in [-0.4, -0.2) is 10.5 Å². The van der Waals surface area contributed by atoms with Gasteiger partial charge in [-0.3, -0.25) is 0 Å². The number of benzene rings is 1. The number of rotatable bonds is 2. The van der Waals surface area contributed by atoms with Crippen LogP contribution in [0.25, 0.3) is 0 Å². The molecule has 16 heavy (non-hydrogen) atoms. The van der Waals surface area contributed by atoms with Crippen molar-refractivity contribution in [3.8, 4) is 6.07 Å². The highest BCUT2D eigenvalue weighted by Crippen LogP contribution is 2.52. The molecule has 0 bridgehead atoms. The molecule has 3 heteroatoms. The van der Waals surface area contributed by atoms with Crippen LogP contribution in [0.4, 0.5) is 0 Å². The summed E-state index contributed by atoms with van der Waals surface area (Å²) >= 11 is 2.42. The number of hydrogen-bond acceptors (Lipinski definition) is 2. The van der Waals surface area contributed by atoms with Gasteiger partial charge < -0.3 is 4.74 Å². The minimum absolute atomic E-state index is 0.173. The van der Waals surface area contributed by atoms with Crippen molar-refractivity contribution >= 4 is 22.6 Å². The van der Waals surface area contributed by atoms with Crippen LogP contribution in [-0.2, 0) is 4.74 Å². The summed E-state index contributed by atoms with van der Waals surface area (Å²) in [5.74, 6) is 0. The average molecular weight is 327 g/mol. The van der Waals surface area contributed by atoms with Gasteiger partial charge in [0.1, 0.15) is 0 Å². The summed E-state index contributed by atoms with van der Waals surface area (Å²) in [6.45, 7) is 4.38. The van der Waals surface area contributed by atoms with E-state index in [1.807, 2.05) is 24.3 Å². The normalized spacial score (nSPS) is 32.9. The van der Waals surface area contributed by atoms with Gasteiger partial charge in [0.2, 0.25) is 0 Å². The molecule has 0 spiro atoms. The Morgan fingerprint density at radius 3 is 2.50 bits per heavy atom. The molecule has 84 valence electrons. The van der Waals surface area contributed by atoms with E-state index in [2.05, 4.69) is 42.5 Å². The quantitative estimate of drug-likeness (QED) is 0.616. The Hall–Kier alpha value is -0.600. The largest absolute Gasteiger partial charge is 0.369 e. The molecule has 0 aliphatic carbocycles. The molecule has 1 aliphatic rings. The highest BCUT2D eigenvalue weighted by Gasteiger charge is 2.50. The van der Waals surface area contributed by atoms with Gasteiger partial charge in [-0.1, -0.05) is 41.6 Å². The predicted molar refractivity (Wildman–Crippen MR) is 71.4 cm³/mol. The lowest BCUT2D eigenvalue weighted by atomic mass is 9.73. The second-order valence-corrected chi connectivity index (χ2v) is 5.29. The fraction of sp³-hybridized carbons (Fsp3) is 0.462. The highest BCUT2D eigenvalue weighted by molar-refractivity contribution is 14.1. The Bertz CT molecular complexity index is 423. The standard InChI is InChI=1S/C13H14INO/c1-9-13(2,8-14)12(16-9)11-5-3-10(7-15)4-6-11/h3-6,9,12H,8H2,1-2H3. The van der Waals surface area contributed by atoms with Gasteiger partial charge in [0.15, 0.2) is 0 Å². The minimum atomic E-state index is 0.173. The van der Waals surface area contributed by atoms with Crippen molar-refractivity contribution in [2.24, 2.45) is 5.41 Å². The van der Waals surface area contributed by atoms with E-state index in [1.165, 1.54) is 5.56 Å². The molecule has 1 heterocycles. The van der Waals surface area contributed by atoms with Gasteiger partial charge in [0.25, 0.3) is 0 Å². The number of hydrogen-bond donors (Lipinski definition) is 0. The van der Waals surface area contributed by atoms with E-state index in [1.54, 1.807) is 0 Å². The van der Waals surface area contributed by atoms with Crippen molar-refractivity contribution in [1.29, 1.82) is 5.26 Å². The fourth-order valence-corrected chi connectivity index (χ4v) is 3.05. The molecule has 1 saturated heterocycles. The summed E-state index contributed by atoms with van der Waals surface area (Å²) in [6.07, 6.45) is 0.484. The lowest BCUT2D eigenvalue weighted by molar-refractivity contribution is -0.226. The minimum Gasteiger partial charge on any atom is -0.369 e. The summed E-state index contributed by atoms with van der Waals surface area (Å²) < 4.78 is 6.90. The molecule has 2 nitrogen and oxygen atoms in total. The third kappa shape index (κ3) is 1.74. The molecule has 0 N–H and O–H groups in total. The first-order valence-corrected chi connectivity index (χ1v) is 6.86. The monoisotopic (exact) mass is 327 g/mol. The van der Waals surface area contributed by atoms with E-state index < -0.39 is 0 Å². The average Bonchev–Trinajstić information content (AvgIpc) is 2.35. The zero-order valence-electron chi connectivity index (χ0n) is 9.40. The number of ether oxygens (including phenoxy) is 1. The van der Waals surface area contributed by atoms with E-state index in [0.29, 0.717) is 11.7 Å². The van der Waals surface area contributed by atoms with E-state index in [-0.39, 0.29) is 11.5 Å². The molecule has 1 fully saturated rings. The van der Waals surface area contributed by atoms with Gasteiger partial charge in [0.05, 0.1) is 23.8 Å². The molecule has 3 atom stereocenters.